The maximum atomic E-state index is 4.02. The molecule has 0 bridgehead atoms. The molecule has 4 aromatic carbocycles. The first kappa shape index (κ1) is 29.3. The molecule has 2 nitrogen and oxygen atoms in total. The highest BCUT2D eigenvalue weighted by Gasteiger charge is 2.27. The highest BCUT2D eigenvalue weighted by atomic mass is 15.1. The molecule has 0 amide bonds. The van der Waals surface area contributed by atoms with Gasteiger partial charge < -0.3 is 9.13 Å². The lowest BCUT2D eigenvalue weighted by molar-refractivity contribution is 0.599. The van der Waals surface area contributed by atoms with Crippen molar-refractivity contribution in [2.45, 2.75) is 59.9 Å². The van der Waals surface area contributed by atoms with Gasteiger partial charge in [-0.15, -0.1) is 0 Å². The molecule has 2 heteroatoms. The molecule has 1 unspecified atom stereocenters. The average molecular weight is 611 g/mol. The first-order valence-electron chi connectivity index (χ1n) is 17.0. The number of allylic oxidation sites excluding steroid dienone is 8. The molecule has 232 valence electrons. The van der Waals surface area contributed by atoms with Gasteiger partial charge in [-0.25, -0.2) is 0 Å². The minimum absolute atomic E-state index is 0.230. The molecule has 0 saturated heterocycles. The fourth-order valence-electron chi connectivity index (χ4n) is 8.22. The molecule has 0 saturated carbocycles. The van der Waals surface area contributed by atoms with E-state index in [0.29, 0.717) is 0 Å². The van der Waals surface area contributed by atoms with Crippen LogP contribution in [-0.2, 0) is 6.42 Å². The molecule has 2 aromatic heterocycles. The molecular formula is C45H42N2. The van der Waals surface area contributed by atoms with Gasteiger partial charge in [0.25, 0.3) is 0 Å². The predicted octanol–water partition coefficient (Wildman–Crippen LogP) is 12.2. The van der Waals surface area contributed by atoms with Crippen LogP contribution in [0.5, 0.6) is 0 Å². The van der Waals surface area contributed by atoms with Crippen LogP contribution in [0.15, 0.2) is 115 Å². The molecule has 47 heavy (non-hydrogen) atoms. The van der Waals surface area contributed by atoms with E-state index >= 15 is 0 Å². The normalized spacial score (nSPS) is 16.7. The fourth-order valence-corrected chi connectivity index (χ4v) is 8.22. The molecular weight excluding hydrogens is 569 g/mol. The number of nitrogens with zero attached hydrogens (tertiary/aromatic N) is 2. The van der Waals surface area contributed by atoms with Gasteiger partial charge in [0.1, 0.15) is 0 Å². The highest BCUT2D eigenvalue weighted by Crippen LogP contribution is 2.44. The second kappa shape index (κ2) is 11.3. The molecule has 2 aliphatic rings. The van der Waals surface area contributed by atoms with Gasteiger partial charge in [0.15, 0.2) is 0 Å². The maximum Gasteiger partial charge on any atom is 0.0577 e. The van der Waals surface area contributed by atoms with Crippen molar-refractivity contribution in [2.24, 2.45) is 0 Å². The Hall–Kier alpha value is -5.08. The van der Waals surface area contributed by atoms with Crippen molar-refractivity contribution in [2.75, 3.05) is 0 Å². The molecule has 0 aliphatic heterocycles. The Morgan fingerprint density at radius 1 is 0.787 bits per heavy atom. The third kappa shape index (κ3) is 4.61. The number of benzene rings is 4. The first-order chi connectivity index (χ1) is 22.9. The third-order valence-corrected chi connectivity index (χ3v) is 10.8. The van der Waals surface area contributed by atoms with Crippen LogP contribution in [0, 0.1) is 20.8 Å². The lowest BCUT2D eigenvalue weighted by atomic mass is 9.88. The van der Waals surface area contributed by atoms with Gasteiger partial charge in [-0.2, -0.15) is 0 Å². The summed E-state index contributed by atoms with van der Waals surface area (Å²) < 4.78 is 5.19. The smallest absolute Gasteiger partial charge is 0.0577 e. The summed E-state index contributed by atoms with van der Waals surface area (Å²) in [6.45, 7) is 15.1. The van der Waals surface area contributed by atoms with Crippen LogP contribution in [-0.4, -0.2) is 9.13 Å². The van der Waals surface area contributed by atoms with Crippen LogP contribution in [0.4, 0.5) is 0 Å². The monoisotopic (exact) mass is 610 g/mol. The second-order valence-electron chi connectivity index (χ2n) is 13.5. The van der Waals surface area contributed by atoms with Crippen LogP contribution in [0.1, 0.15) is 71.8 Å². The molecule has 0 spiro atoms. The van der Waals surface area contributed by atoms with Gasteiger partial charge in [0.2, 0.25) is 0 Å². The molecule has 2 heterocycles. The number of fused-ring (bicyclic) bond motifs is 6. The molecule has 2 aliphatic carbocycles. The summed E-state index contributed by atoms with van der Waals surface area (Å²) in [6, 6.07) is 29.6. The standard InChI is InChI=1S/C45H42N2/c1-7-28(2)32(6)33-21-23-40-38(25-33)44-30(4)14-10-19-42(44)46(40)35-16-12-17-36(27-35)47-41-24-22-34(37-18-9-8-13-29(37)3)26-39(41)45-31(5)15-11-20-43(45)47/h7-21,23,25-26,36H,1,22,24,27H2,2-6H3. The van der Waals surface area contributed by atoms with Crippen molar-refractivity contribution in [3.05, 3.63) is 154 Å². The zero-order valence-electron chi connectivity index (χ0n) is 28.2. The zero-order chi connectivity index (χ0) is 32.4. The summed E-state index contributed by atoms with van der Waals surface area (Å²) in [5.41, 5.74) is 18.7. The number of hydrogen-bond acceptors (Lipinski definition) is 0. The summed E-state index contributed by atoms with van der Waals surface area (Å²) in [5, 5.41) is 4.05. The lowest BCUT2D eigenvalue weighted by Gasteiger charge is -2.26. The Kier molecular flexibility index (Phi) is 7.06. The van der Waals surface area contributed by atoms with Crippen LogP contribution in [0.3, 0.4) is 0 Å². The van der Waals surface area contributed by atoms with Crippen molar-refractivity contribution in [3.8, 4) is 0 Å². The van der Waals surface area contributed by atoms with Crippen LogP contribution >= 0.6 is 0 Å². The number of rotatable bonds is 5. The largest absolute Gasteiger partial charge is 0.337 e. The Balaban J connectivity index is 1.27. The van der Waals surface area contributed by atoms with E-state index in [1.165, 1.54) is 94.2 Å². The Bertz CT molecular complexity index is 2390. The topological polar surface area (TPSA) is 9.86 Å². The van der Waals surface area contributed by atoms with Gasteiger partial charge in [-0.05, 0) is 128 Å². The summed E-state index contributed by atoms with van der Waals surface area (Å²) in [5.74, 6) is 0. The highest BCUT2D eigenvalue weighted by molar-refractivity contribution is 6.12. The van der Waals surface area contributed by atoms with Crippen LogP contribution in [0.25, 0.3) is 55.6 Å². The molecule has 0 radical (unpaired) electrons. The van der Waals surface area contributed by atoms with Crippen molar-refractivity contribution >= 4 is 55.6 Å². The van der Waals surface area contributed by atoms with Crippen LogP contribution < -0.4 is 0 Å². The summed E-state index contributed by atoms with van der Waals surface area (Å²) in [4.78, 5) is 0. The summed E-state index contributed by atoms with van der Waals surface area (Å²) in [6.07, 6.45) is 14.5. The van der Waals surface area contributed by atoms with E-state index in [2.05, 4.69) is 153 Å². The maximum absolute atomic E-state index is 4.02. The van der Waals surface area contributed by atoms with E-state index in [0.717, 1.165) is 19.3 Å². The van der Waals surface area contributed by atoms with E-state index < -0.39 is 0 Å². The summed E-state index contributed by atoms with van der Waals surface area (Å²) >= 11 is 0. The van der Waals surface area contributed by atoms with E-state index in [1.807, 2.05) is 6.08 Å². The Morgan fingerprint density at radius 2 is 1.53 bits per heavy atom. The molecule has 8 rings (SSSR count). The molecule has 0 N–H and O–H groups in total. The van der Waals surface area contributed by atoms with E-state index in [9.17, 15) is 0 Å². The third-order valence-electron chi connectivity index (χ3n) is 10.8. The molecule has 6 aromatic rings. The lowest BCUT2D eigenvalue weighted by Crippen LogP contribution is -2.15. The predicted molar refractivity (Wildman–Crippen MR) is 204 cm³/mol. The molecule has 0 fully saturated rings. The SMILES string of the molecule is C=CC(C)=C(C)c1ccc2c(c1)c1c(C)cccc1n2C1=CC=CC(n2c3c(c4c(C)cccc42)C=C(c2ccccc2C)CC3)C1. The van der Waals surface area contributed by atoms with Gasteiger partial charge >= 0.3 is 0 Å². The van der Waals surface area contributed by atoms with Crippen LogP contribution in [0.2, 0.25) is 0 Å². The van der Waals surface area contributed by atoms with E-state index in [1.54, 1.807) is 0 Å². The van der Waals surface area contributed by atoms with Crippen molar-refractivity contribution in [3.63, 3.8) is 0 Å². The average Bonchev–Trinajstić information content (AvgIpc) is 3.61. The molecule has 1 atom stereocenters. The van der Waals surface area contributed by atoms with Gasteiger partial charge in [0, 0.05) is 45.1 Å². The quantitative estimate of drug-likeness (QED) is 0.172. The van der Waals surface area contributed by atoms with Crippen molar-refractivity contribution < 1.29 is 0 Å². The Morgan fingerprint density at radius 3 is 2.32 bits per heavy atom. The number of aromatic nitrogens is 2. The minimum atomic E-state index is 0.230. The van der Waals surface area contributed by atoms with Gasteiger partial charge in [0.05, 0.1) is 17.1 Å². The van der Waals surface area contributed by atoms with E-state index in [-0.39, 0.29) is 6.04 Å². The fraction of sp³-hybridized carbons (Fsp3) is 0.200. The number of hydrogen-bond donors (Lipinski definition) is 0. The van der Waals surface area contributed by atoms with Gasteiger partial charge in [-0.1, -0.05) is 79.4 Å². The van der Waals surface area contributed by atoms with E-state index in [4.69, 9.17) is 0 Å². The van der Waals surface area contributed by atoms with Crippen molar-refractivity contribution in [1.29, 1.82) is 0 Å². The zero-order valence-corrected chi connectivity index (χ0v) is 28.2. The minimum Gasteiger partial charge on any atom is -0.337 e. The first-order valence-corrected chi connectivity index (χ1v) is 17.0. The van der Waals surface area contributed by atoms with Gasteiger partial charge in [-0.3, -0.25) is 0 Å². The summed E-state index contributed by atoms with van der Waals surface area (Å²) in [7, 11) is 0. The number of aryl methyl sites for hydroxylation is 3. The van der Waals surface area contributed by atoms with Crippen molar-refractivity contribution in [1.82, 2.24) is 9.13 Å². The second-order valence-corrected chi connectivity index (χ2v) is 13.5. The Labute approximate surface area is 278 Å².